The van der Waals surface area contributed by atoms with Gasteiger partial charge >= 0.3 is 16.5 Å². The third kappa shape index (κ3) is 8.10. The van der Waals surface area contributed by atoms with Crippen molar-refractivity contribution >= 4 is 16.5 Å². The molecule has 1 N–H and O–H groups in total. The summed E-state index contributed by atoms with van der Waals surface area (Å²) in [6.45, 7) is -0.547. The Kier molecular flexibility index (Phi) is 6.51. The van der Waals surface area contributed by atoms with Crippen molar-refractivity contribution in [1.29, 1.82) is 0 Å². The largest absolute Gasteiger partial charge is 0.719 e. The fraction of sp³-hybridized carbons (Fsp3) is 1.00. The van der Waals surface area contributed by atoms with Gasteiger partial charge in [0.05, 0.1) is 0 Å². The first-order chi connectivity index (χ1) is 5.52. The minimum absolute atomic E-state index is 0.547. The second-order valence-electron chi connectivity index (χ2n) is 1.73. The quantitative estimate of drug-likeness (QED) is 0.399. The summed E-state index contributed by atoms with van der Waals surface area (Å²) in [5.41, 5.74) is 0. The minimum Gasteiger partial charge on any atom is -0.142 e. The molecule has 2 atom stereocenters. The van der Waals surface area contributed by atoms with E-state index in [0.29, 0.717) is 0 Å². The highest BCUT2D eigenvalue weighted by molar-refractivity contribution is 7.33. The Morgan fingerprint density at radius 1 is 1.33 bits per heavy atom. The van der Waals surface area contributed by atoms with E-state index in [4.69, 9.17) is 4.89 Å². The molecule has 0 aromatic carbocycles. The van der Waals surface area contributed by atoms with Gasteiger partial charge in [-0.15, -0.1) is 9.96 Å². The summed E-state index contributed by atoms with van der Waals surface area (Å²) in [5.74, 6) is 0. The Morgan fingerprint density at radius 2 is 1.92 bits per heavy atom. The molecule has 0 aliphatic heterocycles. The molecule has 0 heterocycles. The zero-order chi connectivity index (χ0) is 9.56. The van der Waals surface area contributed by atoms with E-state index in [-0.39, 0.29) is 0 Å². The van der Waals surface area contributed by atoms with Crippen molar-refractivity contribution in [2.24, 2.45) is 0 Å². The molecule has 0 bridgehead atoms. The summed E-state index contributed by atoms with van der Waals surface area (Å²) in [5, 5.41) is 1.18. The highest BCUT2D eigenvalue weighted by Crippen LogP contribution is 2.26. The van der Waals surface area contributed by atoms with E-state index in [1.54, 1.807) is 0 Å². The van der Waals surface area contributed by atoms with Gasteiger partial charge in [0.25, 0.3) is 6.79 Å². The number of hydrogen-bond acceptors (Lipinski definition) is 6. The van der Waals surface area contributed by atoms with Crippen molar-refractivity contribution in [3.63, 3.8) is 0 Å². The van der Waals surface area contributed by atoms with Crippen LogP contribution in [0, 0.1) is 0 Å². The molecule has 0 spiro atoms. The molecule has 0 fully saturated rings. The lowest BCUT2D eigenvalue weighted by molar-refractivity contribution is -0.0222. The van der Waals surface area contributed by atoms with Crippen molar-refractivity contribution in [3.05, 3.63) is 0 Å². The first-order valence-electron chi connectivity index (χ1n) is 2.77. The Labute approximate surface area is 71.1 Å². The number of nitrogens with zero attached hydrogens (tertiary/aromatic N) is 1. The van der Waals surface area contributed by atoms with Crippen LogP contribution < -0.4 is 0 Å². The lowest BCUT2D eigenvalue weighted by Gasteiger charge is -1.94. The van der Waals surface area contributed by atoms with Crippen molar-refractivity contribution in [2.75, 3.05) is 20.9 Å². The van der Waals surface area contributed by atoms with Gasteiger partial charge in [0.2, 0.25) is 0 Å². The fourth-order valence-corrected chi connectivity index (χ4v) is 0.947. The lowest BCUT2D eigenvalue weighted by Crippen LogP contribution is -2.07. The van der Waals surface area contributed by atoms with E-state index >= 15 is 0 Å². The molecule has 0 aromatic heterocycles. The van der Waals surface area contributed by atoms with Crippen molar-refractivity contribution in [3.8, 4) is 0 Å². The van der Waals surface area contributed by atoms with Crippen molar-refractivity contribution in [1.82, 2.24) is 5.06 Å². The van der Waals surface area contributed by atoms with Gasteiger partial charge in [0, 0.05) is 23.2 Å². The van der Waals surface area contributed by atoms with Crippen LogP contribution in [-0.4, -0.2) is 30.8 Å². The standard InChI is InChI=1S/C3H8NO6P2/c1-4(2)10-12(7)9-3-8-11(5)6/h3H2,1-2H3/q+1/p+1. The molecule has 70 valence electrons. The van der Waals surface area contributed by atoms with Crippen LogP contribution >= 0.6 is 16.5 Å². The van der Waals surface area contributed by atoms with Crippen molar-refractivity contribution < 1.29 is 27.7 Å². The van der Waals surface area contributed by atoms with Crippen LogP contribution in [0.1, 0.15) is 0 Å². The number of rotatable bonds is 6. The molecule has 2 unspecified atom stereocenters. The Bertz CT molecular complexity index is 172. The lowest BCUT2D eigenvalue weighted by atomic mass is 11.2. The smallest absolute Gasteiger partial charge is 0.142 e. The molecule has 0 aromatic rings. The highest BCUT2D eigenvalue weighted by atomic mass is 31.1. The summed E-state index contributed by atoms with van der Waals surface area (Å²) >= 11 is 0. The maximum absolute atomic E-state index is 10.6. The third-order valence-corrected chi connectivity index (χ3v) is 1.65. The predicted molar refractivity (Wildman–Crippen MR) is 39.2 cm³/mol. The average molecular weight is 217 g/mol. The van der Waals surface area contributed by atoms with E-state index in [9.17, 15) is 9.13 Å². The van der Waals surface area contributed by atoms with E-state index in [1.165, 1.54) is 19.2 Å². The van der Waals surface area contributed by atoms with E-state index < -0.39 is 23.3 Å². The van der Waals surface area contributed by atoms with Crippen LogP contribution in [0.5, 0.6) is 0 Å². The Morgan fingerprint density at radius 3 is 2.33 bits per heavy atom. The summed E-state index contributed by atoms with van der Waals surface area (Å²) in [6.07, 6.45) is 0. The molecule has 0 saturated carbocycles. The predicted octanol–water partition coefficient (Wildman–Crippen LogP) is 0.777. The average Bonchev–Trinajstić information content (AvgIpc) is 1.84. The Hall–Kier alpha value is -0.0000000000000000763. The monoisotopic (exact) mass is 217 g/mol. The molecule has 0 saturated heterocycles. The van der Waals surface area contributed by atoms with Crippen molar-refractivity contribution in [2.45, 2.75) is 0 Å². The zero-order valence-electron chi connectivity index (χ0n) is 6.54. The second kappa shape index (κ2) is 6.51. The van der Waals surface area contributed by atoms with Crippen LogP contribution in [0.25, 0.3) is 0 Å². The van der Waals surface area contributed by atoms with E-state index in [2.05, 4.69) is 13.7 Å². The van der Waals surface area contributed by atoms with Gasteiger partial charge in [0.15, 0.2) is 0 Å². The molecule has 7 nitrogen and oxygen atoms in total. The minimum atomic E-state index is -2.72. The first kappa shape index (κ1) is 12.0. The van der Waals surface area contributed by atoms with Crippen LogP contribution in [-0.2, 0) is 22.8 Å². The zero-order valence-corrected chi connectivity index (χ0v) is 8.33. The van der Waals surface area contributed by atoms with Gasteiger partial charge < -0.3 is 0 Å². The SMILES string of the molecule is CN(C)O[P+](=O)OCO[P+](=O)O. The van der Waals surface area contributed by atoms with Crippen LogP contribution in [0.3, 0.4) is 0 Å². The maximum atomic E-state index is 10.6. The molecular weight excluding hydrogens is 208 g/mol. The second-order valence-corrected chi connectivity index (χ2v) is 3.33. The topological polar surface area (TPSA) is 85.3 Å². The van der Waals surface area contributed by atoms with Gasteiger partial charge in [-0.2, -0.15) is 0 Å². The molecule has 0 aliphatic carbocycles. The summed E-state index contributed by atoms with van der Waals surface area (Å²) in [6, 6.07) is 0. The van der Waals surface area contributed by atoms with Gasteiger partial charge in [-0.05, 0) is 4.62 Å². The van der Waals surface area contributed by atoms with Crippen LogP contribution in [0.4, 0.5) is 0 Å². The summed E-state index contributed by atoms with van der Waals surface area (Å²) in [4.78, 5) is 8.11. The Balaban J connectivity index is 3.38. The normalized spacial score (nSPS) is 13.3. The summed E-state index contributed by atoms with van der Waals surface area (Å²) < 4.78 is 33.4. The molecular formula is C3H9NO6P2+2. The molecule has 0 aliphatic rings. The van der Waals surface area contributed by atoms with Gasteiger partial charge in [-0.25, -0.2) is 0 Å². The number of hydroxylamine groups is 2. The molecule has 0 radical (unpaired) electrons. The third-order valence-electron chi connectivity index (χ3n) is 0.551. The first-order valence-corrected chi connectivity index (χ1v) is 4.99. The molecule has 12 heavy (non-hydrogen) atoms. The van der Waals surface area contributed by atoms with E-state index in [0.717, 1.165) is 0 Å². The van der Waals surface area contributed by atoms with Crippen LogP contribution in [0.15, 0.2) is 0 Å². The van der Waals surface area contributed by atoms with E-state index in [1.807, 2.05) is 0 Å². The maximum Gasteiger partial charge on any atom is 0.719 e. The number of hydrogen-bond donors (Lipinski definition) is 1. The molecule has 9 heteroatoms. The molecule has 0 rings (SSSR count). The van der Waals surface area contributed by atoms with Gasteiger partial charge in [-0.1, -0.05) is 9.05 Å². The van der Waals surface area contributed by atoms with Gasteiger partial charge in [-0.3, -0.25) is 0 Å². The summed E-state index contributed by atoms with van der Waals surface area (Å²) in [7, 11) is -2.03. The highest BCUT2D eigenvalue weighted by Gasteiger charge is 2.25. The van der Waals surface area contributed by atoms with Crippen LogP contribution in [0.2, 0.25) is 0 Å². The molecule has 0 amide bonds. The van der Waals surface area contributed by atoms with Gasteiger partial charge in [0.1, 0.15) is 0 Å². The fourth-order valence-electron chi connectivity index (χ4n) is 0.269.